The van der Waals surface area contributed by atoms with E-state index in [4.69, 9.17) is 9.47 Å². The van der Waals surface area contributed by atoms with E-state index in [0.29, 0.717) is 13.2 Å². The summed E-state index contributed by atoms with van der Waals surface area (Å²) in [5.41, 5.74) is 2.24. The van der Waals surface area contributed by atoms with E-state index < -0.39 is 5.72 Å². The van der Waals surface area contributed by atoms with E-state index in [1.807, 2.05) is 0 Å². The van der Waals surface area contributed by atoms with Crippen LogP contribution in [0.4, 0.5) is 4.79 Å². The van der Waals surface area contributed by atoms with Crippen LogP contribution in [0.5, 0.6) is 0 Å². The number of benzene rings is 1. The van der Waals surface area contributed by atoms with Crippen molar-refractivity contribution in [3.8, 4) is 0 Å². The number of epoxide rings is 1. The summed E-state index contributed by atoms with van der Waals surface area (Å²) >= 11 is 0. The molecule has 2 heterocycles. The first kappa shape index (κ1) is 14.4. The van der Waals surface area contributed by atoms with Crippen LogP contribution in [0.15, 0.2) is 24.3 Å². The maximum atomic E-state index is 11.5. The number of ether oxygens (including phenoxy) is 2. The van der Waals surface area contributed by atoms with Gasteiger partial charge >= 0.3 is 6.09 Å². The fourth-order valence-electron chi connectivity index (χ4n) is 2.52. The minimum Gasteiger partial charge on any atom is -0.450 e. The van der Waals surface area contributed by atoms with Gasteiger partial charge in [-0.1, -0.05) is 31.2 Å². The van der Waals surface area contributed by atoms with Crippen molar-refractivity contribution in [2.45, 2.75) is 44.6 Å². The molecule has 5 heteroatoms. The van der Waals surface area contributed by atoms with Crippen molar-refractivity contribution in [2.75, 3.05) is 13.2 Å². The number of unbranched alkanes of at least 4 members (excludes halogenated alkanes) is 1. The molecule has 2 N–H and O–H groups in total. The van der Waals surface area contributed by atoms with Crippen molar-refractivity contribution in [1.82, 2.24) is 10.6 Å². The molecule has 2 saturated heterocycles. The maximum absolute atomic E-state index is 11.5. The number of nitrogens with one attached hydrogen (secondary N) is 2. The fourth-order valence-corrected chi connectivity index (χ4v) is 2.52. The Hall–Kier alpha value is -1.59. The molecule has 1 aromatic rings. The first-order valence-corrected chi connectivity index (χ1v) is 7.66. The van der Waals surface area contributed by atoms with Gasteiger partial charge < -0.3 is 9.47 Å². The molecule has 114 valence electrons. The van der Waals surface area contributed by atoms with Crippen molar-refractivity contribution in [3.63, 3.8) is 0 Å². The number of hydrogen-bond donors (Lipinski definition) is 2. The minimum atomic E-state index is -0.460. The molecule has 0 saturated carbocycles. The zero-order valence-corrected chi connectivity index (χ0v) is 12.4. The van der Waals surface area contributed by atoms with Gasteiger partial charge in [0.2, 0.25) is 0 Å². The molecule has 2 aliphatic heterocycles. The van der Waals surface area contributed by atoms with E-state index in [2.05, 4.69) is 41.8 Å². The third-order valence-corrected chi connectivity index (χ3v) is 4.08. The number of fused-ring (bicyclic) bond motifs is 1. The number of carbonyl (C=O) groups is 1. The first-order chi connectivity index (χ1) is 10.2. The molecule has 2 aliphatic rings. The van der Waals surface area contributed by atoms with Crippen molar-refractivity contribution in [1.29, 1.82) is 0 Å². The average Bonchev–Trinajstić information content (AvgIpc) is 3.00. The molecule has 0 bridgehead atoms. The van der Waals surface area contributed by atoms with Crippen molar-refractivity contribution >= 4 is 6.09 Å². The number of hydrogen-bond acceptors (Lipinski definition) is 4. The highest BCUT2D eigenvalue weighted by Gasteiger charge is 2.66. The Labute approximate surface area is 125 Å². The van der Waals surface area contributed by atoms with Gasteiger partial charge in [-0.05, 0) is 36.8 Å². The van der Waals surface area contributed by atoms with Crippen LogP contribution in [0.2, 0.25) is 0 Å². The summed E-state index contributed by atoms with van der Waals surface area (Å²) in [7, 11) is 0. The molecule has 0 aromatic heterocycles. The molecule has 2 atom stereocenters. The van der Waals surface area contributed by atoms with E-state index in [0.717, 1.165) is 25.7 Å². The minimum absolute atomic E-state index is 0.00357. The highest BCUT2D eigenvalue weighted by atomic mass is 16.7. The molecule has 5 nitrogen and oxygen atoms in total. The second kappa shape index (κ2) is 6.03. The lowest BCUT2D eigenvalue weighted by molar-refractivity contribution is 0.127. The van der Waals surface area contributed by atoms with E-state index >= 15 is 0 Å². The molecule has 3 rings (SSSR count). The molecular formula is C16H22N2O3. The summed E-state index contributed by atoms with van der Waals surface area (Å²) in [5.74, 6) is 0. The van der Waals surface area contributed by atoms with Crippen LogP contribution in [0.25, 0.3) is 0 Å². The molecular weight excluding hydrogens is 268 g/mol. The predicted molar refractivity (Wildman–Crippen MR) is 78.8 cm³/mol. The Bertz CT molecular complexity index is 499. The zero-order valence-electron chi connectivity index (χ0n) is 12.4. The Balaban J connectivity index is 1.26. The van der Waals surface area contributed by atoms with Gasteiger partial charge in [-0.25, -0.2) is 4.79 Å². The second-order valence-electron chi connectivity index (χ2n) is 5.66. The largest absolute Gasteiger partial charge is 0.450 e. The topological polar surface area (TPSA) is 62.9 Å². The number of aryl methyl sites for hydroxylation is 2. The van der Waals surface area contributed by atoms with E-state index in [1.165, 1.54) is 11.1 Å². The van der Waals surface area contributed by atoms with Crippen LogP contribution >= 0.6 is 0 Å². The van der Waals surface area contributed by atoms with Crippen LogP contribution in [-0.2, 0) is 22.3 Å². The van der Waals surface area contributed by atoms with Gasteiger partial charge in [0.05, 0.1) is 13.2 Å². The lowest BCUT2D eigenvalue weighted by Gasteiger charge is -2.21. The second-order valence-corrected chi connectivity index (χ2v) is 5.66. The number of rotatable bonds is 7. The standard InChI is InChI=1S/C16H22N2O3/c1-2-12-6-8-13(9-7-12)5-3-4-10-20-15(19)18-16-11-17-14(16)21-16/h6-9,14,17H,2-5,10-11H2,1H3,(H,18,19). The maximum Gasteiger partial charge on any atom is 0.409 e. The molecule has 0 radical (unpaired) electrons. The monoisotopic (exact) mass is 290 g/mol. The van der Waals surface area contributed by atoms with Gasteiger partial charge in [-0.2, -0.15) is 0 Å². The lowest BCUT2D eigenvalue weighted by atomic mass is 10.1. The summed E-state index contributed by atoms with van der Waals surface area (Å²) < 4.78 is 10.4. The predicted octanol–water partition coefficient (Wildman–Crippen LogP) is 1.95. The molecule has 0 aliphatic carbocycles. The third-order valence-electron chi connectivity index (χ3n) is 4.08. The summed E-state index contributed by atoms with van der Waals surface area (Å²) in [4.78, 5) is 11.5. The van der Waals surface area contributed by atoms with Crippen molar-refractivity contribution < 1.29 is 14.3 Å². The summed E-state index contributed by atoms with van der Waals surface area (Å²) in [6.07, 6.45) is 3.60. The fraction of sp³-hybridized carbons (Fsp3) is 0.562. The van der Waals surface area contributed by atoms with Gasteiger partial charge in [0.1, 0.15) is 0 Å². The SMILES string of the molecule is CCc1ccc(CCCCOC(=O)NC23CNC2O3)cc1. The molecule has 1 amide bonds. The van der Waals surface area contributed by atoms with Crippen LogP contribution in [0.3, 0.4) is 0 Å². The van der Waals surface area contributed by atoms with Crippen molar-refractivity contribution in [2.24, 2.45) is 0 Å². The Kier molecular flexibility index (Phi) is 4.12. The van der Waals surface area contributed by atoms with E-state index in [-0.39, 0.29) is 12.3 Å². The van der Waals surface area contributed by atoms with Gasteiger partial charge in [-0.3, -0.25) is 10.6 Å². The molecule has 2 fully saturated rings. The Morgan fingerprint density at radius 3 is 2.71 bits per heavy atom. The van der Waals surface area contributed by atoms with E-state index in [1.54, 1.807) is 0 Å². The summed E-state index contributed by atoms with van der Waals surface area (Å²) in [5, 5.41) is 5.78. The highest BCUT2D eigenvalue weighted by molar-refractivity contribution is 5.69. The number of alkyl carbamates (subject to hydrolysis) is 1. The molecule has 2 unspecified atom stereocenters. The van der Waals surface area contributed by atoms with Crippen molar-refractivity contribution in [3.05, 3.63) is 35.4 Å². The zero-order chi connectivity index (χ0) is 14.7. The number of carbonyl (C=O) groups excluding carboxylic acids is 1. The molecule has 1 aromatic carbocycles. The Morgan fingerprint density at radius 2 is 2.14 bits per heavy atom. The van der Waals surface area contributed by atoms with E-state index in [9.17, 15) is 4.79 Å². The quantitative estimate of drug-likeness (QED) is 0.595. The summed E-state index contributed by atoms with van der Waals surface area (Å²) in [6.45, 7) is 3.28. The van der Waals surface area contributed by atoms with Gasteiger partial charge in [0.25, 0.3) is 0 Å². The molecule has 0 spiro atoms. The van der Waals surface area contributed by atoms with Gasteiger partial charge in [-0.15, -0.1) is 0 Å². The third kappa shape index (κ3) is 3.36. The highest BCUT2D eigenvalue weighted by Crippen LogP contribution is 2.38. The first-order valence-electron chi connectivity index (χ1n) is 7.66. The molecule has 21 heavy (non-hydrogen) atoms. The average molecular weight is 290 g/mol. The van der Waals surface area contributed by atoms with Crippen LogP contribution in [0, 0.1) is 0 Å². The smallest absolute Gasteiger partial charge is 0.409 e. The van der Waals surface area contributed by atoms with Gasteiger partial charge in [0, 0.05) is 0 Å². The van der Waals surface area contributed by atoms with Crippen LogP contribution in [-0.4, -0.2) is 31.2 Å². The number of amides is 1. The Morgan fingerprint density at radius 1 is 1.38 bits per heavy atom. The normalized spacial score (nSPS) is 25.7. The van der Waals surface area contributed by atoms with Gasteiger partial charge in [0.15, 0.2) is 12.0 Å². The lowest BCUT2D eigenvalue weighted by Crippen LogP contribution is -2.57. The van der Waals surface area contributed by atoms with Crippen LogP contribution in [0.1, 0.15) is 30.9 Å². The van der Waals surface area contributed by atoms with Crippen LogP contribution < -0.4 is 10.6 Å². The summed E-state index contributed by atoms with van der Waals surface area (Å²) in [6, 6.07) is 8.72.